The van der Waals surface area contributed by atoms with Crippen LogP contribution in [0.3, 0.4) is 0 Å². The van der Waals surface area contributed by atoms with E-state index in [1.54, 1.807) is 24.3 Å². The summed E-state index contributed by atoms with van der Waals surface area (Å²) < 4.78 is 5.72. The Hall–Kier alpha value is -3.40. The molecule has 114 valence electrons. The number of nitro groups is 1. The predicted molar refractivity (Wildman–Crippen MR) is 80.9 cm³/mol. The van der Waals surface area contributed by atoms with Crippen LogP contribution in [0.15, 0.2) is 48.5 Å². The van der Waals surface area contributed by atoms with Crippen LogP contribution in [0.2, 0.25) is 0 Å². The van der Waals surface area contributed by atoms with Gasteiger partial charge in [0.2, 0.25) is 6.10 Å². The standard InChI is InChI=1S/C16H11N3O4/c17-8-9-18-13-10-12(19(21)22)6-7-14(13)23-15(16(18)20)11-4-2-1-3-5-11/h1-7,10,15H,9H2. The van der Waals surface area contributed by atoms with Crippen molar-refractivity contribution in [3.05, 3.63) is 64.2 Å². The van der Waals surface area contributed by atoms with Gasteiger partial charge in [-0.25, -0.2) is 0 Å². The lowest BCUT2D eigenvalue weighted by Crippen LogP contribution is -2.41. The van der Waals surface area contributed by atoms with Crippen molar-refractivity contribution in [1.82, 2.24) is 0 Å². The molecule has 1 heterocycles. The number of nitrogens with zero attached hydrogens (tertiary/aromatic N) is 3. The van der Waals surface area contributed by atoms with E-state index < -0.39 is 16.9 Å². The molecule has 0 aliphatic carbocycles. The summed E-state index contributed by atoms with van der Waals surface area (Å²) in [5.41, 5.74) is 0.726. The number of amides is 1. The van der Waals surface area contributed by atoms with Gasteiger partial charge in [-0.05, 0) is 6.07 Å². The summed E-state index contributed by atoms with van der Waals surface area (Å²) >= 11 is 0. The molecule has 1 aliphatic rings. The Balaban J connectivity index is 2.08. The van der Waals surface area contributed by atoms with Gasteiger partial charge in [-0.1, -0.05) is 30.3 Å². The van der Waals surface area contributed by atoms with Gasteiger partial charge in [0.05, 0.1) is 16.7 Å². The van der Waals surface area contributed by atoms with Gasteiger partial charge >= 0.3 is 0 Å². The number of fused-ring (bicyclic) bond motifs is 1. The van der Waals surface area contributed by atoms with Crippen molar-refractivity contribution < 1.29 is 14.5 Å². The molecule has 0 spiro atoms. The maximum absolute atomic E-state index is 12.6. The van der Waals surface area contributed by atoms with Crippen LogP contribution in [0.5, 0.6) is 5.75 Å². The van der Waals surface area contributed by atoms with E-state index in [9.17, 15) is 14.9 Å². The maximum atomic E-state index is 12.6. The van der Waals surface area contributed by atoms with Crippen molar-refractivity contribution >= 4 is 17.3 Å². The van der Waals surface area contributed by atoms with E-state index in [4.69, 9.17) is 10.00 Å². The Morgan fingerprint density at radius 1 is 1.26 bits per heavy atom. The van der Waals surface area contributed by atoms with Crippen LogP contribution in [-0.2, 0) is 4.79 Å². The molecule has 1 aliphatic heterocycles. The average molecular weight is 309 g/mol. The van der Waals surface area contributed by atoms with Crippen LogP contribution >= 0.6 is 0 Å². The molecule has 23 heavy (non-hydrogen) atoms. The molecule has 1 amide bonds. The first-order chi connectivity index (χ1) is 11.1. The molecule has 0 saturated heterocycles. The van der Waals surface area contributed by atoms with Gasteiger partial charge in [0.15, 0.2) is 0 Å². The first kappa shape index (κ1) is 14.5. The van der Waals surface area contributed by atoms with Gasteiger partial charge in [0, 0.05) is 17.7 Å². The minimum atomic E-state index is -0.876. The van der Waals surface area contributed by atoms with E-state index in [1.807, 2.05) is 12.1 Å². The molecule has 0 bridgehead atoms. The Labute approximate surface area is 131 Å². The lowest BCUT2D eigenvalue weighted by molar-refractivity contribution is -0.384. The van der Waals surface area contributed by atoms with E-state index in [2.05, 4.69) is 0 Å². The third kappa shape index (κ3) is 2.58. The molecule has 7 nitrogen and oxygen atoms in total. The molecule has 2 aromatic carbocycles. The minimum Gasteiger partial charge on any atom is -0.474 e. The molecule has 3 rings (SSSR count). The highest BCUT2D eigenvalue weighted by molar-refractivity contribution is 6.01. The fourth-order valence-electron chi connectivity index (χ4n) is 2.44. The second-order valence-electron chi connectivity index (χ2n) is 4.90. The zero-order chi connectivity index (χ0) is 16.4. The number of hydrogen-bond donors (Lipinski definition) is 0. The van der Waals surface area contributed by atoms with E-state index in [-0.39, 0.29) is 17.9 Å². The second kappa shape index (κ2) is 5.77. The molecule has 1 unspecified atom stereocenters. The van der Waals surface area contributed by atoms with Gasteiger partial charge < -0.3 is 4.74 Å². The quantitative estimate of drug-likeness (QED) is 0.493. The topological polar surface area (TPSA) is 96.5 Å². The lowest BCUT2D eigenvalue weighted by atomic mass is 10.1. The minimum absolute atomic E-state index is 0.166. The zero-order valence-corrected chi connectivity index (χ0v) is 11.9. The van der Waals surface area contributed by atoms with E-state index >= 15 is 0 Å². The predicted octanol–water partition coefficient (Wildman–Crippen LogP) is 2.59. The summed E-state index contributed by atoms with van der Waals surface area (Å²) in [5.74, 6) is -0.0925. The van der Waals surface area contributed by atoms with Crippen LogP contribution in [0.1, 0.15) is 11.7 Å². The smallest absolute Gasteiger partial charge is 0.273 e. The summed E-state index contributed by atoms with van der Waals surface area (Å²) in [6, 6.07) is 14.8. The maximum Gasteiger partial charge on any atom is 0.273 e. The molecule has 0 fully saturated rings. The third-order valence-corrected chi connectivity index (χ3v) is 3.51. The fraction of sp³-hybridized carbons (Fsp3) is 0.125. The molecule has 0 saturated carbocycles. The van der Waals surface area contributed by atoms with Crippen molar-refractivity contribution in [3.63, 3.8) is 0 Å². The van der Waals surface area contributed by atoms with Gasteiger partial charge in [-0.3, -0.25) is 19.8 Å². The number of benzene rings is 2. The number of anilines is 1. The van der Waals surface area contributed by atoms with Crippen molar-refractivity contribution in [2.24, 2.45) is 0 Å². The fourth-order valence-corrected chi connectivity index (χ4v) is 2.44. The number of nitro benzene ring substituents is 1. The highest BCUT2D eigenvalue weighted by Gasteiger charge is 2.36. The first-order valence-corrected chi connectivity index (χ1v) is 6.80. The summed E-state index contributed by atoms with van der Waals surface area (Å²) in [6.07, 6.45) is -0.876. The Kier molecular flexibility index (Phi) is 3.65. The van der Waals surface area contributed by atoms with Crippen molar-refractivity contribution in [2.75, 3.05) is 11.4 Å². The van der Waals surface area contributed by atoms with Crippen molar-refractivity contribution in [1.29, 1.82) is 5.26 Å². The van der Waals surface area contributed by atoms with Crippen molar-refractivity contribution in [2.45, 2.75) is 6.10 Å². The summed E-state index contributed by atoms with van der Waals surface area (Å²) in [6.45, 7) is -0.209. The van der Waals surface area contributed by atoms with Gasteiger partial charge in [0.1, 0.15) is 12.3 Å². The lowest BCUT2D eigenvalue weighted by Gasteiger charge is -2.33. The largest absolute Gasteiger partial charge is 0.474 e. The van der Waals surface area contributed by atoms with E-state index in [0.29, 0.717) is 11.3 Å². The molecule has 1 atom stereocenters. The van der Waals surface area contributed by atoms with Gasteiger partial charge in [-0.15, -0.1) is 0 Å². The van der Waals surface area contributed by atoms with E-state index in [1.165, 1.54) is 23.1 Å². The Morgan fingerprint density at radius 3 is 2.65 bits per heavy atom. The van der Waals surface area contributed by atoms with Crippen molar-refractivity contribution in [3.8, 4) is 11.8 Å². The highest BCUT2D eigenvalue weighted by atomic mass is 16.6. The zero-order valence-electron chi connectivity index (χ0n) is 11.9. The Morgan fingerprint density at radius 2 is 2.00 bits per heavy atom. The van der Waals surface area contributed by atoms with Gasteiger partial charge in [-0.2, -0.15) is 5.26 Å². The van der Waals surface area contributed by atoms with Gasteiger partial charge in [0.25, 0.3) is 11.6 Å². The average Bonchev–Trinajstić information content (AvgIpc) is 2.57. The molecule has 0 radical (unpaired) electrons. The number of ether oxygens (including phenoxy) is 1. The summed E-state index contributed by atoms with van der Waals surface area (Å²) in [7, 11) is 0. The third-order valence-electron chi connectivity index (χ3n) is 3.51. The molecule has 2 aromatic rings. The molecular weight excluding hydrogens is 298 g/mol. The number of rotatable bonds is 3. The molecule has 0 aromatic heterocycles. The molecular formula is C16H11N3O4. The highest BCUT2D eigenvalue weighted by Crippen LogP contribution is 2.40. The normalized spacial score (nSPS) is 16.2. The van der Waals surface area contributed by atoms with Crippen LogP contribution in [0.25, 0.3) is 0 Å². The molecule has 7 heteroatoms. The number of non-ortho nitro benzene ring substituents is 1. The van der Waals surface area contributed by atoms with Crippen LogP contribution < -0.4 is 9.64 Å². The summed E-state index contributed by atoms with van der Waals surface area (Å²) in [4.78, 5) is 24.2. The number of hydrogen-bond acceptors (Lipinski definition) is 5. The monoisotopic (exact) mass is 309 g/mol. The van der Waals surface area contributed by atoms with Crippen LogP contribution in [0, 0.1) is 21.4 Å². The summed E-state index contributed by atoms with van der Waals surface area (Å²) in [5, 5.41) is 19.9. The SMILES string of the molecule is N#CCN1C(=O)C(c2ccccc2)Oc2ccc([N+](=O)[O-])cc21. The van der Waals surface area contributed by atoms with Crippen LogP contribution in [-0.4, -0.2) is 17.4 Å². The Bertz CT molecular complexity index is 814. The molecule has 0 N–H and O–H groups in total. The first-order valence-electron chi connectivity index (χ1n) is 6.80. The number of nitriles is 1. The second-order valence-corrected chi connectivity index (χ2v) is 4.90. The van der Waals surface area contributed by atoms with E-state index in [0.717, 1.165) is 0 Å². The number of carbonyl (C=O) groups is 1. The number of carbonyl (C=O) groups excluding carboxylic acids is 1. The van der Waals surface area contributed by atoms with Crippen LogP contribution in [0.4, 0.5) is 11.4 Å².